The van der Waals surface area contributed by atoms with Crippen molar-refractivity contribution in [1.29, 1.82) is 0 Å². The number of hydrogen-bond donors (Lipinski definition) is 1. The molecule has 1 aromatic heterocycles. The first-order valence-electron chi connectivity index (χ1n) is 12.1. The Labute approximate surface area is 180 Å². The average molecular weight is 407 g/mol. The molecule has 0 saturated heterocycles. The molecular weight excluding hydrogens is 372 g/mol. The predicted octanol–water partition coefficient (Wildman–Crippen LogP) is 5.19. The van der Waals surface area contributed by atoms with Crippen LogP contribution in [0.25, 0.3) is 0 Å². The molecule has 0 bridgehead atoms. The highest BCUT2D eigenvalue weighted by molar-refractivity contribution is 5.97. The Morgan fingerprint density at radius 2 is 1.90 bits per heavy atom. The molecule has 7 atom stereocenters. The summed E-state index contributed by atoms with van der Waals surface area (Å²) in [6, 6.07) is 2.08. The lowest BCUT2D eigenvalue weighted by Crippen LogP contribution is -2.56. The van der Waals surface area contributed by atoms with Gasteiger partial charge in [-0.05, 0) is 98.5 Å². The largest absolute Gasteiger partial charge is 0.458 e. The lowest BCUT2D eigenvalue weighted by Gasteiger charge is -2.60. The van der Waals surface area contributed by atoms with Crippen LogP contribution in [0.1, 0.15) is 87.1 Å². The summed E-state index contributed by atoms with van der Waals surface area (Å²) in [6.07, 6.45) is 16.4. The van der Waals surface area contributed by atoms with Crippen molar-refractivity contribution in [2.24, 2.45) is 40.4 Å². The Kier molecular flexibility index (Phi) is 3.86. The summed E-state index contributed by atoms with van der Waals surface area (Å²) >= 11 is 0. The number of carbonyl (C=O) groups excluding carboxylic acids is 1. The third-order valence-electron chi connectivity index (χ3n) is 10.5. The van der Waals surface area contributed by atoms with Crippen LogP contribution in [0.5, 0.6) is 0 Å². The van der Waals surface area contributed by atoms with Gasteiger partial charge in [-0.1, -0.05) is 19.8 Å². The second kappa shape index (κ2) is 6.04. The zero-order valence-corrected chi connectivity index (χ0v) is 18.4. The van der Waals surface area contributed by atoms with Gasteiger partial charge in [-0.2, -0.15) is 0 Å². The van der Waals surface area contributed by atoms with Crippen molar-refractivity contribution in [1.82, 2.24) is 0 Å². The molecule has 3 unspecified atom stereocenters. The van der Waals surface area contributed by atoms with Crippen LogP contribution in [0.15, 0.2) is 10.5 Å². The fourth-order valence-corrected chi connectivity index (χ4v) is 8.49. The minimum absolute atomic E-state index is 0.133. The van der Waals surface area contributed by atoms with E-state index in [0.717, 1.165) is 57.1 Å². The molecule has 5 aliphatic rings. The van der Waals surface area contributed by atoms with Gasteiger partial charge in [-0.15, -0.1) is 6.42 Å². The standard InChI is InChI=1S/C27H34O3/c1-4-27(29)12-10-21-19-8-7-18-14-22-17(13-23(30-22)24(28)16-5-6-16)15-25(18,2)20(19)9-11-26(21,27)3/h1,13,16,18-21,29H,5-12,14-15H2,2-3H3/t18-,19?,20?,21?,25-,26-,27-/m0/s1. The van der Waals surface area contributed by atoms with E-state index in [0.29, 0.717) is 29.4 Å². The zero-order chi connectivity index (χ0) is 20.9. The molecule has 0 radical (unpaired) electrons. The smallest absolute Gasteiger partial charge is 0.201 e. The molecule has 3 heteroatoms. The lowest BCUT2D eigenvalue weighted by molar-refractivity contribution is -0.128. The first-order valence-corrected chi connectivity index (χ1v) is 12.1. The van der Waals surface area contributed by atoms with Crippen molar-refractivity contribution in [3.63, 3.8) is 0 Å². The van der Waals surface area contributed by atoms with Gasteiger partial charge >= 0.3 is 0 Å². The van der Waals surface area contributed by atoms with Crippen LogP contribution in [0, 0.1) is 52.8 Å². The van der Waals surface area contributed by atoms with Crippen LogP contribution in [-0.2, 0) is 12.8 Å². The number of Topliss-reactive ketones (excluding diaryl/α,β-unsaturated/α-hetero) is 1. The van der Waals surface area contributed by atoms with Crippen molar-refractivity contribution in [2.45, 2.75) is 83.7 Å². The lowest BCUT2D eigenvalue weighted by atomic mass is 9.44. The molecule has 4 fully saturated rings. The number of fused-ring (bicyclic) bond motifs is 6. The van der Waals surface area contributed by atoms with Crippen LogP contribution in [0.3, 0.4) is 0 Å². The maximum absolute atomic E-state index is 12.6. The van der Waals surface area contributed by atoms with Crippen molar-refractivity contribution in [2.75, 3.05) is 0 Å². The second-order valence-electron chi connectivity index (χ2n) is 11.7. The molecule has 4 saturated carbocycles. The Morgan fingerprint density at radius 3 is 2.63 bits per heavy atom. The van der Waals surface area contributed by atoms with E-state index in [1.54, 1.807) is 0 Å². The van der Waals surface area contributed by atoms with Crippen molar-refractivity contribution >= 4 is 5.78 Å². The van der Waals surface area contributed by atoms with Gasteiger partial charge in [0.25, 0.3) is 0 Å². The van der Waals surface area contributed by atoms with E-state index in [1.165, 1.54) is 18.4 Å². The maximum Gasteiger partial charge on any atom is 0.201 e. The van der Waals surface area contributed by atoms with Gasteiger partial charge in [0.05, 0.1) is 0 Å². The Bertz CT molecular complexity index is 948. The summed E-state index contributed by atoms with van der Waals surface area (Å²) in [5.41, 5.74) is 0.491. The fraction of sp³-hybridized carbons (Fsp3) is 0.741. The van der Waals surface area contributed by atoms with Crippen LogP contribution < -0.4 is 0 Å². The Morgan fingerprint density at radius 1 is 1.13 bits per heavy atom. The minimum atomic E-state index is -0.928. The highest BCUT2D eigenvalue weighted by Gasteiger charge is 2.64. The Hall–Kier alpha value is -1.53. The molecule has 0 spiro atoms. The monoisotopic (exact) mass is 406 g/mol. The molecule has 1 N–H and O–H groups in total. The van der Waals surface area contributed by atoms with E-state index in [1.807, 2.05) is 0 Å². The normalized spacial score (nSPS) is 46.9. The highest BCUT2D eigenvalue weighted by Crippen LogP contribution is 2.67. The van der Waals surface area contributed by atoms with Gasteiger partial charge < -0.3 is 9.52 Å². The molecule has 0 amide bonds. The summed E-state index contributed by atoms with van der Waals surface area (Å²) < 4.78 is 6.12. The minimum Gasteiger partial charge on any atom is -0.458 e. The number of carbonyl (C=O) groups is 1. The number of rotatable bonds is 2. The van der Waals surface area contributed by atoms with E-state index >= 15 is 0 Å². The molecule has 0 aliphatic heterocycles. The molecule has 0 aromatic carbocycles. The first-order chi connectivity index (χ1) is 14.3. The summed E-state index contributed by atoms with van der Waals surface area (Å²) in [5, 5.41) is 11.2. The molecule has 6 rings (SSSR count). The Balaban J connectivity index is 1.31. The van der Waals surface area contributed by atoms with Crippen LogP contribution >= 0.6 is 0 Å². The average Bonchev–Trinajstić information content (AvgIpc) is 3.44. The van der Waals surface area contributed by atoms with E-state index in [4.69, 9.17) is 10.8 Å². The van der Waals surface area contributed by atoms with Gasteiger partial charge in [0.1, 0.15) is 11.4 Å². The maximum atomic E-state index is 12.6. The van der Waals surface area contributed by atoms with E-state index < -0.39 is 5.60 Å². The molecule has 30 heavy (non-hydrogen) atoms. The molecule has 1 aromatic rings. The number of ketones is 1. The molecule has 5 aliphatic carbocycles. The zero-order valence-electron chi connectivity index (χ0n) is 18.4. The fourth-order valence-electron chi connectivity index (χ4n) is 8.49. The van der Waals surface area contributed by atoms with Gasteiger partial charge in [-0.3, -0.25) is 4.79 Å². The van der Waals surface area contributed by atoms with Gasteiger partial charge in [-0.25, -0.2) is 0 Å². The van der Waals surface area contributed by atoms with E-state index in [2.05, 4.69) is 25.8 Å². The van der Waals surface area contributed by atoms with Crippen LogP contribution in [0.4, 0.5) is 0 Å². The summed E-state index contributed by atoms with van der Waals surface area (Å²) in [5.74, 6) is 7.45. The van der Waals surface area contributed by atoms with Gasteiger partial charge in [0.2, 0.25) is 5.78 Å². The predicted molar refractivity (Wildman–Crippen MR) is 115 cm³/mol. The number of furan rings is 1. The summed E-state index contributed by atoms with van der Waals surface area (Å²) in [6.45, 7) is 4.78. The third-order valence-corrected chi connectivity index (χ3v) is 10.5. The van der Waals surface area contributed by atoms with Gasteiger partial charge in [0.15, 0.2) is 5.76 Å². The van der Waals surface area contributed by atoms with Crippen molar-refractivity contribution in [3.05, 3.63) is 23.2 Å². The van der Waals surface area contributed by atoms with E-state index in [-0.39, 0.29) is 22.5 Å². The van der Waals surface area contributed by atoms with Gasteiger partial charge in [0, 0.05) is 17.8 Å². The number of hydrogen-bond acceptors (Lipinski definition) is 3. The summed E-state index contributed by atoms with van der Waals surface area (Å²) in [7, 11) is 0. The molecule has 3 nitrogen and oxygen atoms in total. The van der Waals surface area contributed by atoms with Crippen LogP contribution in [-0.4, -0.2) is 16.5 Å². The topological polar surface area (TPSA) is 50.4 Å². The number of terminal acetylenes is 1. The molecule has 1 heterocycles. The SMILES string of the molecule is C#C[C@]1(O)CCC2C3CC[C@H]4Cc5oc(C(=O)C6CC6)cc5C[C@]4(C)C3CC[C@@]21C. The quantitative estimate of drug-likeness (QED) is 0.543. The molecular formula is C27H34O3. The third kappa shape index (κ3) is 2.35. The van der Waals surface area contributed by atoms with E-state index in [9.17, 15) is 9.90 Å². The van der Waals surface area contributed by atoms with Crippen molar-refractivity contribution < 1.29 is 14.3 Å². The summed E-state index contributed by atoms with van der Waals surface area (Å²) in [4.78, 5) is 12.6. The second-order valence-corrected chi connectivity index (χ2v) is 11.7. The highest BCUT2D eigenvalue weighted by atomic mass is 16.3. The van der Waals surface area contributed by atoms with Crippen molar-refractivity contribution in [3.8, 4) is 12.3 Å². The first kappa shape index (κ1) is 19.2. The molecule has 160 valence electrons. The van der Waals surface area contributed by atoms with Crippen LogP contribution in [0.2, 0.25) is 0 Å². The number of aliphatic hydroxyl groups is 1.